The zero-order valence-electron chi connectivity index (χ0n) is 19.4. The molecule has 190 valence electrons. The summed E-state index contributed by atoms with van der Waals surface area (Å²) in [6.07, 6.45) is 1.17. The number of aryl methyl sites for hydroxylation is 2. The van der Waals surface area contributed by atoms with Gasteiger partial charge < -0.3 is 9.84 Å². The number of imidazole rings is 1. The minimum absolute atomic E-state index is 0.0498. The van der Waals surface area contributed by atoms with Gasteiger partial charge in [-0.2, -0.15) is 8.78 Å². The van der Waals surface area contributed by atoms with Crippen LogP contribution in [0.3, 0.4) is 0 Å². The van der Waals surface area contributed by atoms with Gasteiger partial charge in [-0.05, 0) is 38.1 Å². The van der Waals surface area contributed by atoms with Gasteiger partial charge in [0.1, 0.15) is 23.9 Å². The molecule has 4 aromatic rings. The number of carbonyl (C=O) groups excluding carboxylic acids is 1. The number of hydrogen-bond acceptors (Lipinski definition) is 8. The van der Waals surface area contributed by atoms with E-state index in [9.17, 15) is 27.5 Å². The molecule has 0 aliphatic rings. The number of aliphatic hydroxyl groups excluding tert-OH is 1. The lowest BCUT2D eigenvalue weighted by Gasteiger charge is -2.22. The Hall–Kier alpha value is -3.94. The Bertz CT molecular complexity index is 1420. The molecular formula is C22H21F4N7O3. The average Bonchev–Trinajstić information content (AvgIpc) is 3.44. The SMILES string of the molecule is Cc1cn2c(C(=O)CC(C)(CO)c3nnn(C(F)F)n3)c(C)nc2c(OCc2c(F)cccc2F)n1. The van der Waals surface area contributed by atoms with E-state index < -0.39 is 42.6 Å². The largest absolute Gasteiger partial charge is 0.470 e. The van der Waals surface area contributed by atoms with Gasteiger partial charge in [0, 0.05) is 12.6 Å². The van der Waals surface area contributed by atoms with Crippen molar-refractivity contribution in [2.75, 3.05) is 6.61 Å². The molecule has 1 atom stereocenters. The summed E-state index contributed by atoms with van der Waals surface area (Å²) in [6.45, 7) is 0.528. The number of fused-ring (bicyclic) bond motifs is 1. The molecule has 3 heterocycles. The number of hydrogen-bond donors (Lipinski definition) is 1. The Labute approximate surface area is 201 Å². The monoisotopic (exact) mass is 507 g/mol. The smallest absolute Gasteiger partial charge is 0.350 e. The van der Waals surface area contributed by atoms with Crippen molar-refractivity contribution in [2.45, 2.75) is 45.8 Å². The summed E-state index contributed by atoms with van der Waals surface area (Å²) in [4.78, 5) is 22.0. The lowest BCUT2D eigenvalue weighted by atomic mass is 9.84. The first-order valence-electron chi connectivity index (χ1n) is 10.7. The van der Waals surface area contributed by atoms with Crippen molar-refractivity contribution in [1.29, 1.82) is 0 Å². The minimum atomic E-state index is -3.03. The van der Waals surface area contributed by atoms with E-state index in [1.54, 1.807) is 13.8 Å². The molecule has 0 aliphatic carbocycles. The Morgan fingerprint density at radius 1 is 1.19 bits per heavy atom. The fourth-order valence-corrected chi connectivity index (χ4v) is 3.69. The molecule has 0 aliphatic heterocycles. The zero-order valence-corrected chi connectivity index (χ0v) is 19.4. The fourth-order valence-electron chi connectivity index (χ4n) is 3.69. The van der Waals surface area contributed by atoms with Crippen molar-refractivity contribution >= 4 is 11.4 Å². The molecule has 1 unspecified atom stereocenters. The van der Waals surface area contributed by atoms with Gasteiger partial charge >= 0.3 is 6.55 Å². The van der Waals surface area contributed by atoms with Gasteiger partial charge in [-0.25, -0.2) is 18.7 Å². The highest BCUT2D eigenvalue weighted by atomic mass is 19.3. The summed E-state index contributed by atoms with van der Waals surface area (Å²) in [5, 5.41) is 20.4. The molecule has 0 radical (unpaired) electrons. The minimum Gasteiger partial charge on any atom is -0.470 e. The molecule has 14 heteroatoms. The van der Waals surface area contributed by atoms with E-state index in [1.807, 2.05) is 0 Å². The molecule has 0 amide bonds. The molecule has 0 fully saturated rings. The number of aromatic nitrogens is 7. The van der Waals surface area contributed by atoms with Crippen LogP contribution in [0.15, 0.2) is 24.4 Å². The second kappa shape index (κ2) is 9.60. The van der Waals surface area contributed by atoms with Gasteiger partial charge in [0.2, 0.25) is 5.65 Å². The summed E-state index contributed by atoms with van der Waals surface area (Å²) in [5.41, 5.74) is -0.737. The molecule has 0 bridgehead atoms. The third kappa shape index (κ3) is 4.63. The van der Waals surface area contributed by atoms with Crippen molar-refractivity contribution in [3.63, 3.8) is 0 Å². The number of ether oxygens (including phenoxy) is 1. The third-order valence-corrected chi connectivity index (χ3v) is 5.59. The zero-order chi connectivity index (χ0) is 26.2. The first-order chi connectivity index (χ1) is 17.0. The Balaban J connectivity index is 1.67. The van der Waals surface area contributed by atoms with Crippen LogP contribution in [0.1, 0.15) is 53.2 Å². The van der Waals surface area contributed by atoms with Crippen molar-refractivity contribution in [2.24, 2.45) is 0 Å². The van der Waals surface area contributed by atoms with Crippen LogP contribution in [0.25, 0.3) is 5.65 Å². The van der Waals surface area contributed by atoms with Crippen LogP contribution >= 0.6 is 0 Å². The van der Waals surface area contributed by atoms with E-state index in [0.29, 0.717) is 11.4 Å². The highest BCUT2D eigenvalue weighted by molar-refractivity contribution is 5.97. The predicted octanol–water partition coefficient (Wildman–Crippen LogP) is 3.11. The molecular weight excluding hydrogens is 486 g/mol. The fraction of sp³-hybridized carbons (Fsp3) is 0.364. The first kappa shape index (κ1) is 25.2. The van der Waals surface area contributed by atoms with E-state index in [-0.39, 0.29) is 39.8 Å². The number of nitrogens with zero attached hydrogens (tertiary/aromatic N) is 7. The van der Waals surface area contributed by atoms with Crippen molar-refractivity contribution in [3.05, 3.63) is 64.5 Å². The van der Waals surface area contributed by atoms with Gasteiger partial charge in [-0.1, -0.05) is 10.9 Å². The summed E-state index contributed by atoms with van der Waals surface area (Å²) in [5.74, 6) is -2.34. The van der Waals surface area contributed by atoms with Gasteiger partial charge in [0.15, 0.2) is 11.6 Å². The second-order valence-corrected chi connectivity index (χ2v) is 8.45. The number of alkyl halides is 2. The van der Waals surface area contributed by atoms with Crippen LogP contribution in [0, 0.1) is 25.5 Å². The maximum absolute atomic E-state index is 14.0. The molecule has 4 rings (SSSR count). The van der Waals surface area contributed by atoms with Crippen LogP contribution in [-0.4, -0.2) is 52.1 Å². The first-order valence-corrected chi connectivity index (χ1v) is 10.7. The van der Waals surface area contributed by atoms with Crippen molar-refractivity contribution < 1.29 is 32.2 Å². The number of rotatable bonds is 9. The Morgan fingerprint density at radius 2 is 1.89 bits per heavy atom. The van der Waals surface area contributed by atoms with Gasteiger partial charge in [-0.15, -0.1) is 10.2 Å². The topological polar surface area (TPSA) is 120 Å². The highest BCUT2D eigenvalue weighted by Crippen LogP contribution is 2.29. The molecule has 1 N–H and O–H groups in total. The Kier molecular flexibility index (Phi) is 6.71. The van der Waals surface area contributed by atoms with E-state index >= 15 is 0 Å². The normalized spacial score (nSPS) is 13.4. The van der Waals surface area contributed by atoms with Crippen molar-refractivity contribution in [3.8, 4) is 5.88 Å². The van der Waals surface area contributed by atoms with Crippen molar-refractivity contribution in [1.82, 2.24) is 34.6 Å². The number of benzene rings is 1. The number of carbonyl (C=O) groups is 1. The molecule has 0 saturated heterocycles. The molecule has 0 spiro atoms. The quantitative estimate of drug-likeness (QED) is 0.271. The molecule has 10 nitrogen and oxygen atoms in total. The average molecular weight is 507 g/mol. The molecule has 1 aromatic carbocycles. The van der Waals surface area contributed by atoms with Crippen LogP contribution < -0.4 is 4.74 Å². The van der Waals surface area contributed by atoms with Gasteiger partial charge in [0.05, 0.1) is 29.0 Å². The maximum Gasteiger partial charge on any atom is 0.350 e. The molecule has 36 heavy (non-hydrogen) atoms. The van der Waals surface area contributed by atoms with Crippen LogP contribution in [-0.2, 0) is 12.0 Å². The Morgan fingerprint density at radius 3 is 2.50 bits per heavy atom. The summed E-state index contributed by atoms with van der Waals surface area (Å²) in [7, 11) is 0. The van der Waals surface area contributed by atoms with E-state index in [0.717, 1.165) is 12.1 Å². The summed E-state index contributed by atoms with van der Waals surface area (Å²) < 4.78 is 60.8. The summed E-state index contributed by atoms with van der Waals surface area (Å²) >= 11 is 0. The highest BCUT2D eigenvalue weighted by Gasteiger charge is 2.36. The molecule has 0 saturated carbocycles. The maximum atomic E-state index is 14.0. The van der Waals surface area contributed by atoms with Crippen LogP contribution in [0.5, 0.6) is 5.88 Å². The van der Waals surface area contributed by atoms with E-state index in [1.165, 1.54) is 23.6 Å². The van der Waals surface area contributed by atoms with E-state index in [2.05, 4.69) is 25.4 Å². The van der Waals surface area contributed by atoms with Gasteiger partial charge in [0.25, 0.3) is 5.88 Å². The number of tetrazole rings is 1. The number of ketones is 1. The van der Waals surface area contributed by atoms with Crippen LogP contribution in [0.2, 0.25) is 0 Å². The molecule has 3 aromatic heterocycles. The summed E-state index contributed by atoms with van der Waals surface area (Å²) in [6, 6.07) is 3.44. The van der Waals surface area contributed by atoms with E-state index in [4.69, 9.17) is 4.74 Å². The standard InChI is InChI=1S/C22H21F4N7O3/c1-11-8-32-17(16(35)7-22(3,10-34)20-29-31-33(30-20)21(25)26)12(2)28-18(32)19(27-11)36-9-13-14(23)5-4-6-15(13)24/h4-6,8,21,34H,7,9-10H2,1-3H3. The number of Topliss-reactive ketones (excluding diaryl/α,β-unsaturated/α-hetero) is 1. The third-order valence-electron chi connectivity index (χ3n) is 5.59. The lowest BCUT2D eigenvalue weighted by molar-refractivity contribution is 0.0388. The number of aliphatic hydroxyl groups is 1. The lowest BCUT2D eigenvalue weighted by Crippen LogP contribution is -2.32. The predicted molar refractivity (Wildman–Crippen MR) is 116 cm³/mol. The second-order valence-electron chi connectivity index (χ2n) is 8.45. The van der Waals surface area contributed by atoms with Gasteiger partial charge in [-0.3, -0.25) is 9.20 Å². The number of halogens is 4. The van der Waals surface area contributed by atoms with Crippen LogP contribution in [0.4, 0.5) is 17.6 Å².